The van der Waals surface area contributed by atoms with Crippen LogP contribution in [0.15, 0.2) is 24.3 Å². The van der Waals surface area contributed by atoms with Crippen molar-refractivity contribution in [2.24, 2.45) is 17.3 Å². The molecule has 3 aliphatic rings. The second kappa shape index (κ2) is 5.43. The van der Waals surface area contributed by atoms with Crippen molar-refractivity contribution in [2.75, 3.05) is 38.2 Å². The van der Waals surface area contributed by atoms with E-state index in [-0.39, 0.29) is 5.41 Å². The molecule has 2 saturated carbocycles. The van der Waals surface area contributed by atoms with E-state index >= 15 is 0 Å². The third kappa shape index (κ3) is 2.68. The van der Waals surface area contributed by atoms with Crippen molar-refractivity contribution in [3.63, 3.8) is 0 Å². The predicted octanol–water partition coefficient (Wildman–Crippen LogP) is 2.78. The lowest BCUT2D eigenvalue weighted by atomic mass is 9.83. The first-order valence-corrected chi connectivity index (χ1v) is 8.77. The van der Waals surface area contributed by atoms with Crippen LogP contribution in [0, 0.1) is 17.3 Å². The summed E-state index contributed by atoms with van der Waals surface area (Å²) in [5.41, 5.74) is 1.11. The second-order valence-corrected chi connectivity index (χ2v) is 7.71. The molecule has 23 heavy (non-hydrogen) atoms. The predicted molar refractivity (Wildman–Crippen MR) is 90.7 cm³/mol. The summed E-state index contributed by atoms with van der Waals surface area (Å²) >= 11 is 0. The third-order valence-corrected chi connectivity index (χ3v) is 6.00. The van der Waals surface area contributed by atoms with Gasteiger partial charge in [0.25, 0.3) is 0 Å². The molecule has 4 heteroatoms. The zero-order valence-electron chi connectivity index (χ0n) is 14.1. The van der Waals surface area contributed by atoms with E-state index in [9.17, 15) is 4.79 Å². The summed E-state index contributed by atoms with van der Waals surface area (Å²) in [7, 11) is 1.70. The lowest BCUT2D eigenvalue weighted by Gasteiger charge is -2.40. The van der Waals surface area contributed by atoms with Gasteiger partial charge in [0.05, 0.1) is 7.11 Å². The topological polar surface area (TPSA) is 32.8 Å². The molecule has 0 radical (unpaired) electrons. The van der Waals surface area contributed by atoms with E-state index in [0.29, 0.717) is 5.91 Å². The van der Waals surface area contributed by atoms with Crippen LogP contribution in [-0.4, -0.2) is 44.1 Å². The van der Waals surface area contributed by atoms with E-state index in [1.807, 2.05) is 12.1 Å². The quantitative estimate of drug-likeness (QED) is 0.860. The number of methoxy groups -OCH3 is 1. The minimum atomic E-state index is -0.0777. The number of ether oxygens (including phenoxy) is 1. The van der Waals surface area contributed by atoms with Crippen LogP contribution < -0.4 is 9.64 Å². The molecule has 1 heterocycles. The largest absolute Gasteiger partial charge is 0.497 e. The maximum atomic E-state index is 12.9. The highest BCUT2D eigenvalue weighted by atomic mass is 16.5. The minimum absolute atomic E-state index is 0.0777. The van der Waals surface area contributed by atoms with Crippen LogP contribution in [0.4, 0.5) is 5.69 Å². The van der Waals surface area contributed by atoms with Gasteiger partial charge in [-0.25, -0.2) is 0 Å². The molecule has 4 nitrogen and oxygen atoms in total. The number of nitrogens with zero attached hydrogens (tertiary/aromatic N) is 2. The molecule has 1 aromatic carbocycles. The van der Waals surface area contributed by atoms with Gasteiger partial charge in [-0.15, -0.1) is 0 Å². The molecule has 124 valence electrons. The van der Waals surface area contributed by atoms with E-state index in [1.54, 1.807) is 7.11 Å². The first-order valence-electron chi connectivity index (χ1n) is 8.77. The highest BCUT2D eigenvalue weighted by Crippen LogP contribution is 2.60. The SMILES string of the molecule is COc1cccc(N2CCN(C(=O)C3(C)CC4CC4C3)CC2)c1. The second-order valence-electron chi connectivity index (χ2n) is 7.71. The first-order chi connectivity index (χ1) is 11.1. The highest BCUT2D eigenvalue weighted by Gasteiger charge is 2.55. The van der Waals surface area contributed by atoms with E-state index < -0.39 is 0 Å². The number of benzene rings is 1. The van der Waals surface area contributed by atoms with Gasteiger partial charge < -0.3 is 14.5 Å². The van der Waals surface area contributed by atoms with Crippen molar-refractivity contribution >= 4 is 11.6 Å². The molecule has 0 spiro atoms. The molecule has 0 bridgehead atoms. The molecule has 2 unspecified atom stereocenters. The number of hydrogen-bond donors (Lipinski definition) is 0. The Morgan fingerprint density at radius 3 is 2.52 bits per heavy atom. The normalized spacial score (nSPS) is 32.6. The van der Waals surface area contributed by atoms with Crippen LogP contribution in [-0.2, 0) is 4.79 Å². The number of amides is 1. The molecular weight excluding hydrogens is 288 g/mol. The summed E-state index contributed by atoms with van der Waals surface area (Å²) < 4.78 is 5.31. The van der Waals surface area contributed by atoms with E-state index in [4.69, 9.17) is 4.74 Å². The standard InChI is InChI=1S/C19H26N2O2/c1-19(12-14-10-15(14)13-19)18(22)21-8-6-20(7-9-21)16-4-3-5-17(11-16)23-2/h3-5,11,14-15H,6-10,12-13H2,1-2H3. The molecule has 4 rings (SSSR count). The Morgan fingerprint density at radius 1 is 1.17 bits per heavy atom. The number of anilines is 1. The van der Waals surface area contributed by atoms with Gasteiger partial charge in [-0.05, 0) is 43.2 Å². The van der Waals surface area contributed by atoms with Crippen LogP contribution >= 0.6 is 0 Å². The lowest BCUT2D eigenvalue weighted by molar-refractivity contribution is -0.141. The summed E-state index contributed by atoms with van der Waals surface area (Å²) in [6, 6.07) is 8.18. The number of carbonyl (C=O) groups excluding carboxylic acids is 1. The average Bonchev–Trinajstić information content (AvgIpc) is 3.21. The monoisotopic (exact) mass is 314 g/mol. The number of hydrogen-bond acceptors (Lipinski definition) is 3. The van der Waals surface area contributed by atoms with Gasteiger partial charge in [0.2, 0.25) is 5.91 Å². The van der Waals surface area contributed by atoms with Crippen molar-refractivity contribution in [2.45, 2.75) is 26.2 Å². The number of rotatable bonds is 3. The van der Waals surface area contributed by atoms with Gasteiger partial charge in [-0.2, -0.15) is 0 Å². The minimum Gasteiger partial charge on any atom is -0.497 e. The van der Waals surface area contributed by atoms with Crippen LogP contribution in [0.3, 0.4) is 0 Å². The van der Waals surface area contributed by atoms with Crippen LogP contribution in [0.2, 0.25) is 0 Å². The van der Waals surface area contributed by atoms with E-state index in [1.165, 1.54) is 12.1 Å². The maximum Gasteiger partial charge on any atom is 0.228 e. The Bertz CT molecular complexity index is 597. The third-order valence-electron chi connectivity index (χ3n) is 6.00. The maximum absolute atomic E-state index is 12.9. The lowest BCUT2D eigenvalue weighted by Crippen LogP contribution is -2.52. The van der Waals surface area contributed by atoms with E-state index in [0.717, 1.165) is 56.6 Å². The summed E-state index contributed by atoms with van der Waals surface area (Å²) in [6.45, 7) is 5.67. The molecule has 1 saturated heterocycles. The Kier molecular flexibility index (Phi) is 3.51. The van der Waals surface area contributed by atoms with Crippen molar-refractivity contribution in [1.29, 1.82) is 0 Å². The van der Waals surface area contributed by atoms with Gasteiger partial charge in [-0.1, -0.05) is 13.0 Å². The Hall–Kier alpha value is -1.71. The van der Waals surface area contributed by atoms with Gasteiger partial charge in [-0.3, -0.25) is 4.79 Å². The van der Waals surface area contributed by atoms with Gasteiger partial charge in [0.15, 0.2) is 0 Å². The fraction of sp³-hybridized carbons (Fsp3) is 0.632. The van der Waals surface area contributed by atoms with Crippen molar-refractivity contribution < 1.29 is 9.53 Å². The van der Waals surface area contributed by atoms with Crippen molar-refractivity contribution in [1.82, 2.24) is 4.90 Å². The zero-order chi connectivity index (χ0) is 16.0. The number of fused-ring (bicyclic) bond motifs is 1. The fourth-order valence-electron chi connectivity index (χ4n) is 4.58. The van der Waals surface area contributed by atoms with Crippen LogP contribution in [0.1, 0.15) is 26.2 Å². The molecule has 1 aliphatic heterocycles. The number of carbonyl (C=O) groups is 1. The summed E-state index contributed by atoms with van der Waals surface area (Å²) in [5.74, 6) is 2.98. The van der Waals surface area contributed by atoms with Crippen LogP contribution in [0.25, 0.3) is 0 Å². The summed E-state index contributed by atoms with van der Waals surface area (Å²) in [6.07, 6.45) is 3.60. The molecule has 2 aliphatic carbocycles. The van der Waals surface area contributed by atoms with Crippen LogP contribution in [0.5, 0.6) is 5.75 Å². The fourth-order valence-corrected chi connectivity index (χ4v) is 4.58. The molecule has 1 amide bonds. The van der Waals surface area contributed by atoms with Crippen molar-refractivity contribution in [3.8, 4) is 5.75 Å². The Balaban J connectivity index is 1.38. The molecule has 0 aromatic heterocycles. The first kappa shape index (κ1) is 14.9. The van der Waals surface area contributed by atoms with Crippen molar-refractivity contribution in [3.05, 3.63) is 24.3 Å². The molecule has 3 fully saturated rings. The van der Waals surface area contributed by atoms with E-state index in [2.05, 4.69) is 28.9 Å². The van der Waals surface area contributed by atoms with Gasteiger partial charge >= 0.3 is 0 Å². The molecular formula is C19H26N2O2. The number of piperazine rings is 1. The zero-order valence-corrected chi connectivity index (χ0v) is 14.1. The summed E-state index contributed by atoms with van der Waals surface area (Å²) in [5, 5.41) is 0. The average molecular weight is 314 g/mol. The smallest absolute Gasteiger partial charge is 0.228 e. The molecule has 2 atom stereocenters. The molecule has 1 aromatic rings. The Morgan fingerprint density at radius 2 is 1.87 bits per heavy atom. The Labute approximate surface area is 138 Å². The van der Waals surface area contributed by atoms with Gasteiger partial charge in [0.1, 0.15) is 5.75 Å². The molecule has 0 N–H and O–H groups in total. The van der Waals surface area contributed by atoms with Gasteiger partial charge in [0, 0.05) is 43.3 Å². The highest BCUT2D eigenvalue weighted by molar-refractivity contribution is 5.83. The summed E-state index contributed by atoms with van der Waals surface area (Å²) in [4.78, 5) is 17.4.